The van der Waals surface area contributed by atoms with Crippen molar-refractivity contribution in [3.05, 3.63) is 58.9 Å². The lowest BCUT2D eigenvalue weighted by molar-refractivity contribution is -0.122. The zero-order valence-corrected chi connectivity index (χ0v) is 23.2. The van der Waals surface area contributed by atoms with Crippen molar-refractivity contribution in [1.82, 2.24) is 25.5 Å². The van der Waals surface area contributed by atoms with Crippen LogP contribution in [0.1, 0.15) is 86.1 Å². The summed E-state index contributed by atoms with van der Waals surface area (Å²) in [5.74, 6) is 3.38. The molecule has 208 valence electrons. The normalized spacial score (nSPS) is 22.4. The Balaban J connectivity index is 0.969. The van der Waals surface area contributed by atoms with E-state index < -0.39 is 0 Å². The van der Waals surface area contributed by atoms with Gasteiger partial charge in [0.25, 0.3) is 0 Å². The number of hydrogen-bond donors (Lipinski definition) is 3. The number of hydrogen-bond acceptors (Lipinski definition) is 7. The number of H-pyrrole nitrogens is 1. The van der Waals surface area contributed by atoms with E-state index in [1.54, 1.807) is 6.20 Å². The van der Waals surface area contributed by atoms with Crippen molar-refractivity contribution in [2.45, 2.75) is 88.6 Å². The molecule has 1 unspecified atom stereocenters. The van der Waals surface area contributed by atoms with Gasteiger partial charge >= 0.3 is 0 Å². The van der Waals surface area contributed by atoms with Gasteiger partial charge in [0.1, 0.15) is 5.82 Å². The van der Waals surface area contributed by atoms with Crippen LogP contribution in [0.4, 0.5) is 17.6 Å². The van der Waals surface area contributed by atoms with Crippen molar-refractivity contribution in [2.75, 3.05) is 17.3 Å². The van der Waals surface area contributed by atoms with Gasteiger partial charge in [-0.25, -0.2) is 4.98 Å². The summed E-state index contributed by atoms with van der Waals surface area (Å²) in [4.78, 5) is 24.3. The minimum Gasteiger partial charge on any atom is -0.353 e. The molecule has 9 heteroatoms. The molecular formula is C31H38N8O. The van der Waals surface area contributed by atoms with E-state index in [9.17, 15) is 4.79 Å². The first-order valence-corrected chi connectivity index (χ1v) is 14.7. The SMILES string of the molecule is CN(c1nccc(Nc2cc(C3CCCC3)[nH]n2)n1)C1CCC(CC(=O)NC2Cc3ccc(C#N)cc3C2)CC1. The van der Waals surface area contributed by atoms with Crippen molar-refractivity contribution in [3.63, 3.8) is 0 Å². The van der Waals surface area contributed by atoms with Crippen LogP contribution in [0.5, 0.6) is 0 Å². The molecule has 40 heavy (non-hydrogen) atoms. The second-order valence-electron chi connectivity index (χ2n) is 11.8. The van der Waals surface area contributed by atoms with Crippen LogP contribution in [-0.4, -0.2) is 45.2 Å². The Morgan fingerprint density at radius 3 is 2.65 bits per heavy atom. The average molecular weight is 539 g/mol. The maximum absolute atomic E-state index is 12.8. The lowest BCUT2D eigenvalue weighted by Crippen LogP contribution is -2.39. The Morgan fingerprint density at radius 1 is 1.05 bits per heavy atom. The molecule has 0 radical (unpaired) electrons. The molecule has 0 bridgehead atoms. The van der Waals surface area contributed by atoms with Gasteiger partial charge in [-0.15, -0.1) is 0 Å². The second kappa shape index (κ2) is 11.7. The maximum atomic E-state index is 12.8. The number of nitrogens with zero attached hydrogens (tertiary/aromatic N) is 5. The number of benzene rings is 1. The first-order valence-electron chi connectivity index (χ1n) is 14.7. The Kier molecular flexibility index (Phi) is 7.67. The highest BCUT2D eigenvalue weighted by atomic mass is 16.1. The van der Waals surface area contributed by atoms with Crippen molar-refractivity contribution in [1.29, 1.82) is 5.26 Å². The summed E-state index contributed by atoms with van der Waals surface area (Å²) in [6.45, 7) is 0. The van der Waals surface area contributed by atoms with E-state index in [1.165, 1.54) is 42.5 Å². The molecule has 3 aromatic rings. The van der Waals surface area contributed by atoms with Gasteiger partial charge in [0.2, 0.25) is 11.9 Å². The summed E-state index contributed by atoms with van der Waals surface area (Å²) in [6.07, 6.45) is 13.2. The lowest BCUT2D eigenvalue weighted by Gasteiger charge is -2.34. The number of amides is 1. The van der Waals surface area contributed by atoms with Gasteiger partial charge in [-0.3, -0.25) is 9.89 Å². The highest BCUT2D eigenvalue weighted by Gasteiger charge is 2.29. The molecule has 2 saturated carbocycles. The lowest BCUT2D eigenvalue weighted by atomic mass is 9.83. The van der Waals surface area contributed by atoms with Gasteiger partial charge in [0, 0.05) is 49.4 Å². The first-order chi connectivity index (χ1) is 19.5. The fourth-order valence-corrected chi connectivity index (χ4v) is 6.80. The quantitative estimate of drug-likeness (QED) is 0.363. The van der Waals surface area contributed by atoms with Crippen LogP contribution in [0.15, 0.2) is 36.5 Å². The van der Waals surface area contributed by atoms with Crippen LogP contribution < -0.4 is 15.5 Å². The molecule has 1 amide bonds. The van der Waals surface area contributed by atoms with E-state index >= 15 is 0 Å². The number of rotatable bonds is 8. The summed E-state index contributed by atoms with van der Waals surface area (Å²) in [7, 11) is 2.07. The number of fused-ring (bicyclic) bond motifs is 1. The molecule has 6 rings (SSSR count). The van der Waals surface area contributed by atoms with Crippen LogP contribution in [0.25, 0.3) is 0 Å². The topological polar surface area (TPSA) is 123 Å². The molecule has 1 aromatic carbocycles. The van der Waals surface area contributed by atoms with E-state index in [4.69, 9.17) is 10.2 Å². The summed E-state index contributed by atoms with van der Waals surface area (Å²) in [5.41, 5.74) is 4.33. The van der Waals surface area contributed by atoms with Crippen LogP contribution in [0.3, 0.4) is 0 Å². The minimum absolute atomic E-state index is 0.132. The van der Waals surface area contributed by atoms with Gasteiger partial charge in [0.05, 0.1) is 11.6 Å². The molecule has 0 aliphatic heterocycles. The molecule has 2 fully saturated rings. The Hall–Kier alpha value is -3.93. The predicted octanol–water partition coefficient (Wildman–Crippen LogP) is 5.14. The standard InChI is InChI=1S/C31H38N8O/c1-39(31-33-13-12-28(36-31)35-29-18-27(37-38-29)22-4-2-3-5-22)26-10-7-20(8-11-26)15-30(40)34-25-16-23-9-6-21(19-32)14-24(23)17-25/h6,9,12-14,18,20,22,25-26H,2-5,7-8,10-11,15-17H2,1H3,(H,34,40)(H2,33,35,36,37,38). The number of anilines is 3. The third-order valence-corrected chi connectivity index (χ3v) is 9.08. The van der Waals surface area contributed by atoms with E-state index in [1.807, 2.05) is 24.3 Å². The van der Waals surface area contributed by atoms with Gasteiger partial charge in [0.15, 0.2) is 5.82 Å². The number of carbonyl (C=O) groups is 1. The number of aromatic nitrogens is 4. The first kappa shape index (κ1) is 26.3. The summed E-state index contributed by atoms with van der Waals surface area (Å²) < 4.78 is 0. The van der Waals surface area contributed by atoms with E-state index in [2.05, 4.69) is 49.9 Å². The highest BCUT2D eigenvalue weighted by molar-refractivity contribution is 5.76. The van der Waals surface area contributed by atoms with Crippen LogP contribution in [-0.2, 0) is 17.6 Å². The van der Waals surface area contributed by atoms with Crippen molar-refractivity contribution < 1.29 is 4.79 Å². The molecule has 0 spiro atoms. The number of aromatic amines is 1. The Labute approximate surface area is 235 Å². The molecule has 0 saturated heterocycles. The fourth-order valence-electron chi connectivity index (χ4n) is 6.80. The van der Waals surface area contributed by atoms with Gasteiger partial charge in [-0.1, -0.05) is 18.9 Å². The number of carbonyl (C=O) groups excluding carboxylic acids is 1. The van der Waals surface area contributed by atoms with Gasteiger partial charge < -0.3 is 15.5 Å². The van der Waals surface area contributed by atoms with Crippen LogP contribution in [0.2, 0.25) is 0 Å². The van der Waals surface area contributed by atoms with Crippen LogP contribution in [0, 0.1) is 17.2 Å². The predicted molar refractivity (Wildman–Crippen MR) is 154 cm³/mol. The Morgan fingerprint density at radius 2 is 1.85 bits per heavy atom. The minimum atomic E-state index is 0.132. The van der Waals surface area contributed by atoms with E-state index in [0.717, 1.165) is 50.2 Å². The number of nitriles is 1. The molecule has 3 aliphatic rings. The average Bonchev–Trinajstić information content (AvgIpc) is 3.74. The zero-order chi connectivity index (χ0) is 27.5. The maximum Gasteiger partial charge on any atom is 0.227 e. The van der Waals surface area contributed by atoms with Crippen molar-refractivity contribution in [3.8, 4) is 6.07 Å². The molecule has 3 aliphatic carbocycles. The fraction of sp³-hybridized carbons (Fsp3) is 0.516. The largest absolute Gasteiger partial charge is 0.353 e. The summed E-state index contributed by atoms with van der Waals surface area (Å²) in [6, 6.07) is 12.5. The number of nitrogens with one attached hydrogen (secondary N) is 3. The molecule has 2 heterocycles. The highest BCUT2D eigenvalue weighted by Crippen LogP contribution is 2.34. The van der Waals surface area contributed by atoms with E-state index in [0.29, 0.717) is 35.8 Å². The summed E-state index contributed by atoms with van der Waals surface area (Å²) >= 11 is 0. The molecule has 1 atom stereocenters. The van der Waals surface area contributed by atoms with E-state index in [-0.39, 0.29) is 11.9 Å². The monoisotopic (exact) mass is 538 g/mol. The van der Waals surface area contributed by atoms with Crippen molar-refractivity contribution in [2.24, 2.45) is 5.92 Å². The second-order valence-corrected chi connectivity index (χ2v) is 11.8. The zero-order valence-electron chi connectivity index (χ0n) is 23.2. The molecular weight excluding hydrogens is 500 g/mol. The van der Waals surface area contributed by atoms with Crippen molar-refractivity contribution >= 4 is 23.5 Å². The summed E-state index contributed by atoms with van der Waals surface area (Å²) in [5, 5.41) is 23.4. The molecule has 3 N–H and O–H groups in total. The molecule has 9 nitrogen and oxygen atoms in total. The molecule has 2 aromatic heterocycles. The smallest absolute Gasteiger partial charge is 0.227 e. The van der Waals surface area contributed by atoms with Gasteiger partial charge in [-0.2, -0.15) is 15.3 Å². The Bertz CT molecular complexity index is 1380. The third kappa shape index (κ3) is 5.96. The third-order valence-electron chi connectivity index (χ3n) is 9.08. The van der Waals surface area contributed by atoms with Crippen LogP contribution >= 0.6 is 0 Å². The van der Waals surface area contributed by atoms with Gasteiger partial charge in [-0.05, 0) is 86.6 Å².